The van der Waals surface area contributed by atoms with Crippen LogP contribution in [0.1, 0.15) is 19.1 Å². The minimum atomic E-state index is -0.412. The molecule has 0 saturated carbocycles. The summed E-state index contributed by atoms with van der Waals surface area (Å²) in [6.45, 7) is 3.69. The van der Waals surface area contributed by atoms with Crippen LogP contribution in [-0.4, -0.2) is 31.3 Å². The van der Waals surface area contributed by atoms with Crippen LogP contribution >= 0.6 is 0 Å². The smallest absolute Gasteiger partial charge is 0.248 e. The maximum Gasteiger partial charge on any atom is 0.248 e. The fourth-order valence-electron chi connectivity index (χ4n) is 2.12. The molecule has 1 amide bonds. The van der Waals surface area contributed by atoms with Crippen molar-refractivity contribution in [1.82, 2.24) is 5.16 Å². The van der Waals surface area contributed by atoms with E-state index in [0.717, 1.165) is 5.69 Å². The zero-order valence-electron chi connectivity index (χ0n) is 13.7. The highest BCUT2D eigenvalue weighted by Gasteiger charge is 2.18. The van der Waals surface area contributed by atoms with Crippen molar-refractivity contribution in [3.63, 3.8) is 0 Å². The molecule has 0 aliphatic heterocycles. The fraction of sp³-hybridized carbons (Fsp3) is 0.375. The summed E-state index contributed by atoms with van der Waals surface area (Å²) in [6, 6.07) is 6.66. The molecule has 0 radical (unpaired) electrons. The highest BCUT2D eigenvalue weighted by molar-refractivity contribution is 5.95. The zero-order valence-corrected chi connectivity index (χ0v) is 13.7. The lowest BCUT2D eigenvalue weighted by Crippen LogP contribution is -2.34. The van der Waals surface area contributed by atoms with E-state index in [1.807, 2.05) is 13.0 Å². The predicted molar refractivity (Wildman–Crippen MR) is 87.1 cm³/mol. The Morgan fingerprint density at radius 2 is 2.00 bits per heavy atom. The lowest BCUT2D eigenvalue weighted by molar-refractivity contribution is -0.117. The number of rotatable bonds is 7. The number of ether oxygens (including phenoxy) is 2. The van der Waals surface area contributed by atoms with Gasteiger partial charge in [0.1, 0.15) is 11.8 Å². The first-order valence-corrected chi connectivity index (χ1v) is 7.30. The van der Waals surface area contributed by atoms with Gasteiger partial charge in [-0.15, -0.1) is 0 Å². The summed E-state index contributed by atoms with van der Waals surface area (Å²) in [5.41, 5.74) is 0.765. The molecule has 124 valence electrons. The average Bonchev–Trinajstić information content (AvgIpc) is 2.97. The number of amides is 1. The van der Waals surface area contributed by atoms with Crippen molar-refractivity contribution in [1.29, 1.82) is 0 Å². The Hall–Kier alpha value is -2.70. The van der Waals surface area contributed by atoms with Crippen molar-refractivity contribution in [2.45, 2.75) is 26.3 Å². The quantitative estimate of drug-likeness (QED) is 0.816. The van der Waals surface area contributed by atoms with Gasteiger partial charge < -0.3 is 24.6 Å². The third-order valence-corrected chi connectivity index (χ3v) is 3.33. The minimum Gasteiger partial charge on any atom is -0.493 e. The summed E-state index contributed by atoms with van der Waals surface area (Å²) in [5.74, 6) is 2.09. The van der Waals surface area contributed by atoms with E-state index in [2.05, 4.69) is 15.8 Å². The van der Waals surface area contributed by atoms with Crippen LogP contribution in [0.15, 0.2) is 28.8 Å². The van der Waals surface area contributed by atoms with Crippen molar-refractivity contribution in [2.24, 2.45) is 0 Å². The average molecular weight is 319 g/mol. The number of anilines is 2. The molecule has 23 heavy (non-hydrogen) atoms. The Labute approximate surface area is 134 Å². The highest BCUT2D eigenvalue weighted by Crippen LogP contribution is 2.30. The Kier molecular flexibility index (Phi) is 5.46. The van der Waals surface area contributed by atoms with Gasteiger partial charge in [-0.25, -0.2) is 0 Å². The number of hydrogen-bond donors (Lipinski definition) is 2. The van der Waals surface area contributed by atoms with Crippen LogP contribution in [-0.2, 0) is 4.79 Å². The molecule has 2 N–H and O–H groups in total. The molecule has 7 nitrogen and oxygen atoms in total. The second kappa shape index (κ2) is 7.53. The predicted octanol–water partition coefficient (Wildman–Crippen LogP) is 2.83. The van der Waals surface area contributed by atoms with E-state index in [1.165, 1.54) is 0 Å². The molecule has 0 aliphatic rings. The van der Waals surface area contributed by atoms with Crippen LogP contribution in [0.25, 0.3) is 0 Å². The van der Waals surface area contributed by atoms with E-state index >= 15 is 0 Å². The van der Waals surface area contributed by atoms with Gasteiger partial charge >= 0.3 is 0 Å². The van der Waals surface area contributed by atoms with Crippen molar-refractivity contribution < 1.29 is 18.8 Å². The van der Waals surface area contributed by atoms with Crippen LogP contribution in [0.5, 0.6) is 11.5 Å². The number of nitrogens with one attached hydrogen (secondary N) is 2. The standard InChI is InChI=1S/C16H21N3O4/c1-5-12(16(20)18-15-8-10(2)23-19-15)17-11-6-7-13(21-3)14(9-11)22-4/h6-9,12,17H,5H2,1-4H3,(H,18,19,20)/t12-/m1/s1. The summed E-state index contributed by atoms with van der Waals surface area (Å²) in [5, 5.41) is 9.66. The molecule has 1 aromatic carbocycles. The summed E-state index contributed by atoms with van der Waals surface area (Å²) in [4.78, 5) is 12.3. The van der Waals surface area contributed by atoms with Crippen molar-refractivity contribution in [2.75, 3.05) is 24.9 Å². The van der Waals surface area contributed by atoms with Gasteiger partial charge in [0.05, 0.1) is 14.2 Å². The molecule has 1 heterocycles. The fourth-order valence-corrected chi connectivity index (χ4v) is 2.12. The lowest BCUT2D eigenvalue weighted by Gasteiger charge is -2.18. The molecule has 0 spiro atoms. The molecular formula is C16H21N3O4. The number of aromatic nitrogens is 1. The summed E-state index contributed by atoms with van der Waals surface area (Å²) >= 11 is 0. The number of aryl methyl sites for hydroxylation is 1. The number of hydrogen-bond acceptors (Lipinski definition) is 6. The van der Waals surface area contributed by atoms with Gasteiger partial charge in [0.15, 0.2) is 17.3 Å². The van der Waals surface area contributed by atoms with E-state index < -0.39 is 6.04 Å². The largest absolute Gasteiger partial charge is 0.493 e. The summed E-state index contributed by atoms with van der Waals surface area (Å²) in [6.07, 6.45) is 0.608. The van der Waals surface area contributed by atoms with Gasteiger partial charge in [0, 0.05) is 17.8 Å². The summed E-state index contributed by atoms with van der Waals surface area (Å²) in [7, 11) is 3.14. The normalized spacial score (nSPS) is 11.7. The Bertz CT molecular complexity index is 669. The molecule has 0 aliphatic carbocycles. The first-order valence-electron chi connectivity index (χ1n) is 7.30. The molecule has 7 heteroatoms. The topological polar surface area (TPSA) is 85.6 Å². The van der Waals surface area contributed by atoms with Gasteiger partial charge in [-0.1, -0.05) is 12.1 Å². The third kappa shape index (κ3) is 4.15. The Morgan fingerprint density at radius 1 is 1.26 bits per heavy atom. The zero-order chi connectivity index (χ0) is 16.8. The molecule has 2 aromatic rings. The molecule has 1 atom stereocenters. The highest BCUT2D eigenvalue weighted by atomic mass is 16.5. The van der Waals surface area contributed by atoms with Crippen molar-refractivity contribution in [3.05, 3.63) is 30.0 Å². The van der Waals surface area contributed by atoms with E-state index in [9.17, 15) is 4.79 Å². The van der Waals surface area contributed by atoms with Crippen LogP contribution < -0.4 is 20.1 Å². The second-order valence-corrected chi connectivity index (χ2v) is 4.99. The molecular weight excluding hydrogens is 298 g/mol. The minimum absolute atomic E-state index is 0.185. The molecule has 1 aromatic heterocycles. The van der Waals surface area contributed by atoms with E-state index in [4.69, 9.17) is 14.0 Å². The van der Waals surface area contributed by atoms with Crippen LogP contribution in [0.3, 0.4) is 0 Å². The molecule has 2 rings (SSSR count). The van der Waals surface area contributed by atoms with E-state index in [0.29, 0.717) is 29.5 Å². The van der Waals surface area contributed by atoms with Gasteiger partial charge in [0.2, 0.25) is 5.91 Å². The van der Waals surface area contributed by atoms with E-state index in [-0.39, 0.29) is 5.91 Å². The molecule has 0 fully saturated rings. The van der Waals surface area contributed by atoms with Gasteiger partial charge in [0.25, 0.3) is 0 Å². The van der Waals surface area contributed by atoms with Crippen molar-refractivity contribution in [3.8, 4) is 11.5 Å². The Balaban J connectivity index is 2.07. The molecule has 0 unspecified atom stereocenters. The van der Waals surface area contributed by atoms with Crippen molar-refractivity contribution >= 4 is 17.4 Å². The molecule has 0 saturated heterocycles. The lowest BCUT2D eigenvalue weighted by atomic mass is 10.2. The monoisotopic (exact) mass is 319 g/mol. The summed E-state index contributed by atoms with van der Waals surface area (Å²) < 4.78 is 15.4. The van der Waals surface area contributed by atoms with Gasteiger partial charge in [-0.2, -0.15) is 0 Å². The van der Waals surface area contributed by atoms with E-state index in [1.54, 1.807) is 39.3 Å². The SMILES string of the molecule is CC[C@@H](Nc1ccc(OC)c(OC)c1)C(=O)Nc1cc(C)on1. The first kappa shape index (κ1) is 16.7. The number of methoxy groups -OCH3 is 2. The third-order valence-electron chi connectivity index (χ3n) is 3.33. The van der Waals surface area contributed by atoms with Crippen LogP contribution in [0.4, 0.5) is 11.5 Å². The van der Waals surface area contributed by atoms with Crippen LogP contribution in [0.2, 0.25) is 0 Å². The van der Waals surface area contributed by atoms with Gasteiger partial charge in [-0.3, -0.25) is 4.79 Å². The van der Waals surface area contributed by atoms with Gasteiger partial charge in [-0.05, 0) is 25.5 Å². The Morgan fingerprint density at radius 3 is 2.57 bits per heavy atom. The second-order valence-electron chi connectivity index (χ2n) is 4.99. The number of carbonyl (C=O) groups is 1. The number of carbonyl (C=O) groups excluding carboxylic acids is 1. The number of benzene rings is 1. The number of nitrogens with zero attached hydrogens (tertiary/aromatic N) is 1. The first-order chi connectivity index (χ1) is 11.1. The van der Waals surface area contributed by atoms with Crippen LogP contribution in [0, 0.1) is 6.92 Å². The maximum absolute atomic E-state index is 12.3. The maximum atomic E-state index is 12.3. The molecule has 0 bridgehead atoms.